The zero-order chi connectivity index (χ0) is 20.8. The third-order valence-corrected chi connectivity index (χ3v) is 7.64. The van der Waals surface area contributed by atoms with Gasteiger partial charge in [-0.1, -0.05) is 23.7 Å². The van der Waals surface area contributed by atoms with E-state index in [0.29, 0.717) is 26.9 Å². The van der Waals surface area contributed by atoms with Crippen LogP contribution in [0.3, 0.4) is 0 Å². The fourth-order valence-corrected chi connectivity index (χ4v) is 5.80. The second kappa shape index (κ2) is 10.1. The smallest absolute Gasteiger partial charge is 0.277 e. The van der Waals surface area contributed by atoms with Crippen molar-refractivity contribution < 1.29 is 13.9 Å². The molecule has 2 aromatic carbocycles. The van der Waals surface area contributed by atoms with E-state index >= 15 is 0 Å². The molecule has 1 aromatic heterocycles. The average Bonchev–Trinajstić information content (AvgIpc) is 3.46. The summed E-state index contributed by atoms with van der Waals surface area (Å²) in [7, 11) is 0. The van der Waals surface area contributed by atoms with E-state index in [0.717, 1.165) is 5.56 Å². The van der Waals surface area contributed by atoms with Crippen LogP contribution in [0.2, 0.25) is 5.02 Å². The molecule has 4 rings (SSSR count). The number of thioether (sulfide) groups is 2. The molecule has 1 N–H and O–H groups in total. The zero-order valence-electron chi connectivity index (χ0n) is 15.9. The molecular formula is C22H19ClN2O3S2. The highest BCUT2D eigenvalue weighted by atomic mass is 35.5. The van der Waals surface area contributed by atoms with Crippen LogP contribution in [-0.2, 0) is 4.79 Å². The summed E-state index contributed by atoms with van der Waals surface area (Å²) in [5.74, 6) is 3.91. The Hall–Kier alpha value is -2.35. The molecule has 1 saturated heterocycles. The van der Waals surface area contributed by atoms with Crippen LogP contribution in [0, 0.1) is 0 Å². The molecule has 0 atom stereocenters. The van der Waals surface area contributed by atoms with Crippen molar-refractivity contribution in [1.29, 1.82) is 0 Å². The topological polar surface area (TPSA) is 63.8 Å². The molecule has 1 aliphatic rings. The van der Waals surface area contributed by atoms with Gasteiger partial charge in [0.25, 0.3) is 5.91 Å². The van der Waals surface area contributed by atoms with Crippen LogP contribution in [0.4, 0.5) is 0 Å². The summed E-state index contributed by atoms with van der Waals surface area (Å²) >= 11 is 9.81. The van der Waals surface area contributed by atoms with Crippen LogP contribution < -0.4 is 10.2 Å². The van der Waals surface area contributed by atoms with E-state index < -0.39 is 0 Å². The number of halogens is 1. The van der Waals surface area contributed by atoms with Crippen LogP contribution >= 0.6 is 35.1 Å². The highest BCUT2D eigenvalue weighted by Gasteiger charge is 2.18. The lowest BCUT2D eigenvalue weighted by Crippen LogP contribution is -2.24. The molecule has 1 fully saturated rings. The summed E-state index contributed by atoms with van der Waals surface area (Å²) in [6.07, 6.45) is 1.45. The molecule has 0 unspecified atom stereocenters. The van der Waals surface area contributed by atoms with Crippen LogP contribution in [0.1, 0.15) is 15.9 Å². The number of rotatable bonds is 7. The fraction of sp³-hybridized carbons (Fsp3) is 0.182. The first kappa shape index (κ1) is 20.9. The van der Waals surface area contributed by atoms with E-state index in [-0.39, 0.29) is 12.5 Å². The van der Waals surface area contributed by atoms with Gasteiger partial charge in [0.05, 0.1) is 10.8 Å². The third kappa shape index (κ3) is 5.62. The molecule has 1 amide bonds. The zero-order valence-corrected chi connectivity index (χ0v) is 18.3. The van der Waals surface area contributed by atoms with Crippen molar-refractivity contribution in [2.24, 2.45) is 5.10 Å². The Bertz CT molecular complexity index is 1010. The molecule has 3 aromatic rings. The maximum Gasteiger partial charge on any atom is 0.277 e. The molecule has 1 aliphatic heterocycles. The summed E-state index contributed by atoms with van der Waals surface area (Å²) in [5.41, 5.74) is 4.62. The number of hydrogen-bond donors (Lipinski definition) is 1. The Labute approximate surface area is 188 Å². The lowest BCUT2D eigenvalue weighted by atomic mass is 10.2. The molecular weight excluding hydrogens is 440 g/mol. The van der Waals surface area contributed by atoms with E-state index in [1.54, 1.807) is 18.2 Å². The molecule has 154 valence electrons. The molecule has 5 nitrogen and oxygen atoms in total. The monoisotopic (exact) mass is 458 g/mol. The summed E-state index contributed by atoms with van der Waals surface area (Å²) in [4.78, 5) is 11.9. The van der Waals surface area contributed by atoms with E-state index in [1.165, 1.54) is 23.3 Å². The number of nitrogens with zero attached hydrogens (tertiary/aromatic N) is 1. The van der Waals surface area contributed by atoms with Gasteiger partial charge in [-0.15, -0.1) is 23.5 Å². The highest BCUT2D eigenvalue weighted by molar-refractivity contribution is 8.19. The standard InChI is InChI=1S/C22H19ClN2O3S2/c23-17-5-1-15(2-6-17)20-10-9-19(28-20)13-24-25-21(26)14-27-18-7-3-16(4-8-18)22-29-11-12-30-22/h1-10,13,22H,11-12,14H2,(H,25,26)/b24-13-. The normalized spacial score (nSPS) is 14.3. The minimum absolute atomic E-state index is 0.113. The Morgan fingerprint density at radius 2 is 1.83 bits per heavy atom. The first-order valence-corrected chi connectivity index (χ1v) is 11.8. The number of carbonyl (C=O) groups excluding carboxylic acids is 1. The van der Waals surface area contributed by atoms with E-state index in [2.05, 4.69) is 22.7 Å². The predicted molar refractivity (Wildman–Crippen MR) is 124 cm³/mol. The minimum Gasteiger partial charge on any atom is -0.484 e. The molecule has 8 heteroatoms. The minimum atomic E-state index is -0.346. The number of benzene rings is 2. The number of nitrogens with one attached hydrogen (secondary N) is 1. The van der Waals surface area contributed by atoms with Gasteiger partial charge in [-0.05, 0) is 54.1 Å². The number of hydrazone groups is 1. The Morgan fingerprint density at radius 1 is 1.10 bits per heavy atom. The SMILES string of the molecule is O=C(COc1ccc(C2SCCS2)cc1)N/N=C\c1ccc(-c2ccc(Cl)cc2)o1. The van der Waals surface area contributed by atoms with Gasteiger partial charge >= 0.3 is 0 Å². The molecule has 0 bridgehead atoms. The van der Waals surface area contributed by atoms with Crippen molar-refractivity contribution >= 4 is 47.2 Å². The molecule has 2 heterocycles. The van der Waals surface area contributed by atoms with Gasteiger partial charge < -0.3 is 9.15 Å². The van der Waals surface area contributed by atoms with Gasteiger partial charge in [-0.2, -0.15) is 5.10 Å². The lowest BCUT2D eigenvalue weighted by Gasteiger charge is -2.09. The van der Waals surface area contributed by atoms with Crippen molar-refractivity contribution in [3.63, 3.8) is 0 Å². The Balaban J connectivity index is 1.23. The quantitative estimate of drug-likeness (QED) is 0.368. The summed E-state index contributed by atoms with van der Waals surface area (Å²) in [6, 6.07) is 18.9. The number of amides is 1. The predicted octanol–water partition coefficient (Wildman–Crippen LogP) is 5.61. The average molecular weight is 459 g/mol. The van der Waals surface area contributed by atoms with Crippen LogP contribution in [0.5, 0.6) is 5.75 Å². The van der Waals surface area contributed by atoms with Gasteiger partial charge in [0.1, 0.15) is 17.3 Å². The van der Waals surface area contributed by atoms with Gasteiger partial charge in [-0.25, -0.2) is 5.43 Å². The Kier molecular flexibility index (Phi) is 7.04. The molecule has 30 heavy (non-hydrogen) atoms. The maximum absolute atomic E-state index is 11.9. The number of hydrogen-bond acceptors (Lipinski definition) is 6. The summed E-state index contributed by atoms with van der Waals surface area (Å²) < 4.78 is 11.7. The van der Waals surface area contributed by atoms with Crippen molar-refractivity contribution in [3.05, 3.63) is 77.0 Å². The van der Waals surface area contributed by atoms with Crippen molar-refractivity contribution in [3.8, 4) is 17.1 Å². The first-order valence-electron chi connectivity index (χ1n) is 9.31. The van der Waals surface area contributed by atoms with Crippen molar-refractivity contribution in [2.75, 3.05) is 18.1 Å². The summed E-state index contributed by atoms with van der Waals surface area (Å²) in [6.45, 7) is -0.113. The second-order valence-corrected chi connectivity index (χ2v) is 9.59. The third-order valence-electron chi connectivity index (χ3n) is 4.28. The van der Waals surface area contributed by atoms with E-state index in [9.17, 15) is 4.79 Å². The Morgan fingerprint density at radius 3 is 2.57 bits per heavy atom. The van der Waals surface area contributed by atoms with Crippen molar-refractivity contribution in [1.82, 2.24) is 5.43 Å². The van der Waals surface area contributed by atoms with Crippen molar-refractivity contribution in [2.45, 2.75) is 4.58 Å². The number of ether oxygens (including phenoxy) is 1. The second-order valence-electron chi connectivity index (χ2n) is 6.43. The summed E-state index contributed by atoms with van der Waals surface area (Å²) in [5, 5.41) is 4.58. The number of furan rings is 1. The lowest BCUT2D eigenvalue weighted by molar-refractivity contribution is -0.123. The van der Waals surface area contributed by atoms with Gasteiger partial charge in [0.15, 0.2) is 6.61 Å². The van der Waals surface area contributed by atoms with Gasteiger partial charge in [0.2, 0.25) is 0 Å². The van der Waals surface area contributed by atoms with Crippen LogP contribution in [0.15, 0.2) is 70.2 Å². The molecule has 0 saturated carbocycles. The molecule has 0 aliphatic carbocycles. The van der Waals surface area contributed by atoms with E-state index in [1.807, 2.05) is 53.9 Å². The van der Waals surface area contributed by atoms with Crippen LogP contribution in [-0.4, -0.2) is 30.2 Å². The fourth-order valence-electron chi connectivity index (χ4n) is 2.81. The largest absolute Gasteiger partial charge is 0.484 e. The number of carbonyl (C=O) groups is 1. The highest BCUT2D eigenvalue weighted by Crippen LogP contribution is 2.45. The molecule has 0 radical (unpaired) electrons. The van der Waals surface area contributed by atoms with Gasteiger partial charge in [0, 0.05) is 22.1 Å². The van der Waals surface area contributed by atoms with E-state index in [4.69, 9.17) is 20.8 Å². The maximum atomic E-state index is 11.9. The van der Waals surface area contributed by atoms with Crippen LogP contribution in [0.25, 0.3) is 11.3 Å². The molecule has 0 spiro atoms. The first-order chi connectivity index (χ1) is 14.7. The van der Waals surface area contributed by atoms with Gasteiger partial charge in [-0.3, -0.25) is 4.79 Å².